The molecule has 0 aromatic carbocycles. The minimum absolute atomic E-state index is 0.0478. The van der Waals surface area contributed by atoms with Crippen molar-refractivity contribution in [2.75, 3.05) is 27.2 Å². The molecule has 1 saturated carbocycles. The SMILES string of the molecule is CCN(CC(=O)N(C)C)C(=O)NC1CCCC1. The highest BCUT2D eigenvalue weighted by Gasteiger charge is 2.21. The van der Waals surface area contributed by atoms with Gasteiger partial charge in [-0.2, -0.15) is 0 Å². The van der Waals surface area contributed by atoms with Gasteiger partial charge in [-0.25, -0.2) is 4.79 Å². The molecule has 1 aliphatic rings. The maximum atomic E-state index is 11.9. The number of hydrogen-bond donors (Lipinski definition) is 1. The molecule has 0 unspecified atom stereocenters. The van der Waals surface area contributed by atoms with Gasteiger partial charge in [0.25, 0.3) is 0 Å². The fourth-order valence-corrected chi connectivity index (χ4v) is 1.97. The van der Waals surface area contributed by atoms with E-state index in [1.165, 1.54) is 17.7 Å². The van der Waals surface area contributed by atoms with E-state index in [1.807, 2.05) is 6.92 Å². The fraction of sp³-hybridized carbons (Fsp3) is 0.833. The van der Waals surface area contributed by atoms with E-state index in [0.29, 0.717) is 12.6 Å². The van der Waals surface area contributed by atoms with E-state index < -0.39 is 0 Å². The first-order chi connectivity index (χ1) is 8.04. The van der Waals surface area contributed by atoms with E-state index in [1.54, 1.807) is 19.0 Å². The molecule has 0 aromatic heterocycles. The Kier molecular flexibility index (Phi) is 5.25. The zero-order valence-corrected chi connectivity index (χ0v) is 11.0. The molecule has 3 amide bonds. The van der Waals surface area contributed by atoms with Crippen LogP contribution in [0.15, 0.2) is 0 Å². The Balaban J connectivity index is 2.42. The lowest BCUT2D eigenvalue weighted by Crippen LogP contribution is -2.47. The molecule has 0 aromatic rings. The summed E-state index contributed by atoms with van der Waals surface area (Å²) in [6.07, 6.45) is 4.50. The van der Waals surface area contributed by atoms with Crippen LogP contribution in [0.2, 0.25) is 0 Å². The Morgan fingerprint density at radius 1 is 1.24 bits per heavy atom. The molecular weight excluding hydrogens is 218 g/mol. The van der Waals surface area contributed by atoms with Gasteiger partial charge in [-0.05, 0) is 19.8 Å². The van der Waals surface area contributed by atoms with Crippen LogP contribution in [-0.4, -0.2) is 55.0 Å². The predicted octanol–water partition coefficient (Wildman–Crippen LogP) is 1.05. The van der Waals surface area contributed by atoms with Crippen LogP contribution < -0.4 is 5.32 Å². The Morgan fingerprint density at radius 2 is 1.82 bits per heavy atom. The lowest BCUT2D eigenvalue weighted by molar-refractivity contribution is -0.129. The van der Waals surface area contributed by atoms with Gasteiger partial charge in [0.15, 0.2) is 0 Å². The normalized spacial score (nSPS) is 15.7. The van der Waals surface area contributed by atoms with Crippen LogP contribution in [0.1, 0.15) is 32.6 Å². The van der Waals surface area contributed by atoms with Crippen molar-refractivity contribution in [2.24, 2.45) is 0 Å². The van der Waals surface area contributed by atoms with Crippen LogP contribution in [-0.2, 0) is 4.79 Å². The quantitative estimate of drug-likeness (QED) is 0.800. The summed E-state index contributed by atoms with van der Waals surface area (Å²) in [7, 11) is 3.40. The average molecular weight is 241 g/mol. The highest BCUT2D eigenvalue weighted by molar-refractivity contribution is 5.83. The van der Waals surface area contributed by atoms with Crippen molar-refractivity contribution in [1.29, 1.82) is 0 Å². The monoisotopic (exact) mass is 241 g/mol. The second kappa shape index (κ2) is 6.47. The van der Waals surface area contributed by atoms with Crippen molar-refractivity contribution in [3.8, 4) is 0 Å². The Bertz CT molecular complexity index is 273. The van der Waals surface area contributed by atoms with Crippen LogP contribution in [0.25, 0.3) is 0 Å². The second-order valence-electron chi connectivity index (χ2n) is 4.73. The molecular formula is C12H23N3O2. The standard InChI is InChI=1S/C12H23N3O2/c1-4-15(9-11(16)14(2)3)12(17)13-10-7-5-6-8-10/h10H,4-9H2,1-3H3,(H,13,17). The Labute approximate surface area is 103 Å². The number of hydrogen-bond acceptors (Lipinski definition) is 2. The van der Waals surface area contributed by atoms with E-state index in [0.717, 1.165) is 12.8 Å². The number of amides is 3. The molecule has 0 radical (unpaired) electrons. The average Bonchev–Trinajstić information content (AvgIpc) is 2.77. The number of carbonyl (C=O) groups excluding carboxylic acids is 2. The van der Waals surface area contributed by atoms with Gasteiger partial charge in [0.05, 0.1) is 0 Å². The van der Waals surface area contributed by atoms with E-state index in [4.69, 9.17) is 0 Å². The maximum absolute atomic E-state index is 11.9. The van der Waals surface area contributed by atoms with Gasteiger partial charge in [-0.15, -0.1) is 0 Å². The number of rotatable bonds is 4. The van der Waals surface area contributed by atoms with Crippen molar-refractivity contribution in [3.63, 3.8) is 0 Å². The second-order valence-corrected chi connectivity index (χ2v) is 4.73. The van der Waals surface area contributed by atoms with Crippen LogP contribution in [0.5, 0.6) is 0 Å². The summed E-state index contributed by atoms with van der Waals surface area (Å²) in [5, 5.41) is 2.99. The topological polar surface area (TPSA) is 52.7 Å². The molecule has 5 heteroatoms. The third kappa shape index (κ3) is 4.24. The molecule has 0 heterocycles. The predicted molar refractivity (Wildman–Crippen MR) is 66.7 cm³/mol. The van der Waals surface area contributed by atoms with Crippen LogP contribution in [0.3, 0.4) is 0 Å². The summed E-state index contributed by atoms with van der Waals surface area (Å²) >= 11 is 0. The largest absolute Gasteiger partial charge is 0.347 e. The van der Waals surface area contributed by atoms with Crippen molar-refractivity contribution in [3.05, 3.63) is 0 Å². The highest BCUT2D eigenvalue weighted by Crippen LogP contribution is 2.17. The first kappa shape index (κ1) is 13.8. The van der Waals surface area contributed by atoms with Gasteiger partial charge in [0.1, 0.15) is 6.54 Å². The number of nitrogens with zero attached hydrogens (tertiary/aromatic N) is 2. The van der Waals surface area contributed by atoms with Gasteiger partial charge < -0.3 is 15.1 Å². The number of carbonyl (C=O) groups is 2. The van der Waals surface area contributed by atoms with Crippen LogP contribution in [0.4, 0.5) is 4.79 Å². The molecule has 5 nitrogen and oxygen atoms in total. The number of urea groups is 1. The van der Waals surface area contributed by atoms with Crippen LogP contribution >= 0.6 is 0 Å². The smallest absolute Gasteiger partial charge is 0.318 e. The fourth-order valence-electron chi connectivity index (χ4n) is 1.97. The molecule has 98 valence electrons. The first-order valence-electron chi connectivity index (χ1n) is 6.30. The van der Waals surface area contributed by atoms with E-state index >= 15 is 0 Å². The molecule has 1 N–H and O–H groups in total. The molecule has 1 rings (SSSR count). The van der Waals surface area contributed by atoms with E-state index in [9.17, 15) is 9.59 Å². The van der Waals surface area contributed by atoms with Crippen molar-refractivity contribution in [1.82, 2.24) is 15.1 Å². The summed E-state index contributed by atoms with van der Waals surface area (Å²) in [5.74, 6) is -0.0478. The Hall–Kier alpha value is -1.26. The summed E-state index contributed by atoms with van der Waals surface area (Å²) in [4.78, 5) is 26.6. The van der Waals surface area contributed by atoms with Crippen molar-refractivity contribution >= 4 is 11.9 Å². The molecule has 17 heavy (non-hydrogen) atoms. The molecule has 0 spiro atoms. The summed E-state index contributed by atoms with van der Waals surface area (Å²) < 4.78 is 0. The van der Waals surface area contributed by atoms with Crippen molar-refractivity contribution in [2.45, 2.75) is 38.6 Å². The van der Waals surface area contributed by atoms with Crippen LogP contribution in [0, 0.1) is 0 Å². The number of nitrogens with one attached hydrogen (secondary N) is 1. The lowest BCUT2D eigenvalue weighted by Gasteiger charge is -2.24. The molecule has 0 atom stereocenters. The minimum Gasteiger partial charge on any atom is -0.347 e. The zero-order valence-electron chi connectivity index (χ0n) is 11.0. The first-order valence-corrected chi connectivity index (χ1v) is 6.30. The van der Waals surface area contributed by atoms with Gasteiger partial charge >= 0.3 is 6.03 Å². The third-order valence-corrected chi connectivity index (χ3v) is 3.18. The lowest BCUT2D eigenvalue weighted by atomic mass is 10.2. The summed E-state index contributed by atoms with van der Waals surface area (Å²) in [6.45, 7) is 2.59. The maximum Gasteiger partial charge on any atom is 0.318 e. The highest BCUT2D eigenvalue weighted by atomic mass is 16.2. The third-order valence-electron chi connectivity index (χ3n) is 3.18. The number of likely N-dealkylation sites (N-methyl/N-ethyl adjacent to an activating group) is 2. The molecule has 0 saturated heterocycles. The van der Waals surface area contributed by atoms with Gasteiger partial charge in [-0.3, -0.25) is 4.79 Å². The minimum atomic E-state index is -0.116. The zero-order chi connectivity index (χ0) is 12.8. The molecule has 0 bridgehead atoms. The molecule has 1 aliphatic carbocycles. The summed E-state index contributed by atoms with van der Waals surface area (Å²) in [5.41, 5.74) is 0. The molecule has 0 aliphatic heterocycles. The Morgan fingerprint density at radius 3 is 2.29 bits per heavy atom. The molecule has 1 fully saturated rings. The van der Waals surface area contributed by atoms with E-state index in [-0.39, 0.29) is 18.5 Å². The van der Waals surface area contributed by atoms with Gasteiger partial charge in [0.2, 0.25) is 5.91 Å². The summed E-state index contributed by atoms with van der Waals surface area (Å²) in [6, 6.07) is 0.181. The van der Waals surface area contributed by atoms with E-state index in [2.05, 4.69) is 5.32 Å². The van der Waals surface area contributed by atoms with Gasteiger partial charge in [0, 0.05) is 26.7 Å². The van der Waals surface area contributed by atoms with Gasteiger partial charge in [-0.1, -0.05) is 12.8 Å². The van der Waals surface area contributed by atoms with Crippen molar-refractivity contribution < 1.29 is 9.59 Å².